The van der Waals surface area contributed by atoms with E-state index in [1.54, 1.807) is 0 Å². The summed E-state index contributed by atoms with van der Waals surface area (Å²) < 4.78 is 0. The van der Waals surface area contributed by atoms with Crippen molar-refractivity contribution in [2.24, 2.45) is 5.92 Å². The van der Waals surface area contributed by atoms with Crippen LogP contribution in [0.4, 0.5) is 0 Å². The van der Waals surface area contributed by atoms with Gasteiger partial charge in [-0.15, -0.1) is 0 Å². The van der Waals surface area contributed by atoms with Crippen LogP contribution in [0.15, 0.2) is 0 Å². The van der Waals surface area contributed by atoms with Gasteiger partial charge in [-0.1, -0.05) is 13.8 Å². The van der Waals surface area contributed by atoms with Crippen LogP contribution in [-0.2, 0) is 0 Å². The van der Waals surface area contributed by atoms with Crippen molar-refractivity contribution in [1.29, 1.82) is 0 Å². The SMILES string of the molecule is CCCNC(CC)CCCN1CCC(CN(C)C)CC1. The first-order valence-corrected chi connectivity index (χ1v) is 8.76. The van der Waals surface area contributed by atoms with E-state index in [1.807, 2.05) is 0 Å². The van der Waals surface area contributed by atoms with Crippen molar-refractivity contribution >= 4 is 0 Å². The van der Waals surface area contributed by atoms with Crippen molar-refractivity contribution < 1.29 is 0 Å². The molecule has 1 N–H and O–H groups in total. The summed E-state index contributed by atoms with van der Waals surface area (Å²) in [6, 6.07) is 0.737. The first-order valence-electron chi connectivity index (χ1n) is 8.76. The van der Waals surface area contributed by atoms with Crippen LogP contribution < -0.4 is 5.32 Å². The molecule has 0 amide bonds. The second-order valence-electron chi connectivity index (χ2n) is 6.75. The molecular formula is C17H37N3. The molecule has 1 fully saturated rings. The fraction of sp³-hybridized carbons (Fsp3) is 1.00. The normalized spacial score (nSPS) is 19.6. The first-order chi connectivity index (χ1) is 9.65. The van der Waals surface area contributed by atoms with Crippen LogP contribution >= 0.6 is 0 Å². The highest BCUT2D eigenvalue weighted by Gasteiger charge is 2.19. The van der Waals surface area contributed by atoms with Gasteiger partial charge in [0, 0.05) is 12.6 Å². The predicted molar refractivity (Wildman–Crippen MR) is 89.3 cm³/mol. The lowest BCUT2D eigenvalue weighted by atomic mass is 9.96. The van der Waals surface area contributed by atoms with E-state index < -0.39 is 0 Å². The molecule has 1 atom stereocenters. The minimum Gasteiger partial charge on any atom is -0.314 e. The molecule has 120 valence electrons. The maximum Gasteiger partial charge on any atom is 0.00649 e. The summed E-state index contributed by atoms with van der Waals surface area (Å²) in [4.78, 5) is 5.02. The molecule has 1 saturated heterocycles. The van der Waals surface area contributed by atoms with E-state index >= 15 is 0 Å². The molecule has 1 heterocycles. The fourth-order valence-electron chi connectivity index (χ4n) is 3.27. The topological polar surface area (TPSA) is 18.5 Å². The minimum absolute atomic E-state index is 0.737. The van der Waals surface area contributed by atoms with Gasteiger partial charge in [-0.25, -0.2) is 0 Å². The number of nitrogens with zero attached hydrogens (tertiary/aromatic N) is 2. The number of piperidine rings is 1. The highest BCUT2D eigenvalue weighted by Crippen LogP contribution is 2.18. The van der Waals surface area contributed by atoms with Crippen LogP contribution in [0.1, 0.15) is 52.4 Å². The van der Waals surface area contributed by atoms with Gasteiger partial charge >= 0.3 is 0 Å². The van der Waals surface area contributed by atoms with Gasteiger partial charge in [0.1, 0.15) is 0 Å². The Morgan fingerprint density at radius 1 is 1.20 bits per heavy atom. The summed E-state index contributed by atoms with van der Waals surface area (Å²) in [5.41, 5.74) is 0. The van der Waals surface area contributed by atoms with Gasteiger partial charge in [0.15, 0.2) is 0 Å². The van der Waals surface area contributed by atoms with Crippen molar-refractivity contribution in [3.8, 4) is 0 Å². The molecule has 0 spiro atoms. The third-order valence-corrected chi connectivity index (χ3v) is 4.53. The zero-order chi connectivity index (χ0) is 14.8. The van der Waals surface area contributed by atoms with E-state index in [4.69, 9.17) is 0 Å². The van der Waals surface area contributed by atoms with E-state index in [-0.39, 0.29) is 0 Å². The van der Waals surface area contributed by atoms with Crippen LogP contribution in [0.3, 0.4) is 0 Å². The summed E-state index contributed by atoms with van der Waals surface area (Å²) in [5, 5.41) is 3.66. The molecular weight excluding hydrogens is 246 g/mol. The molecule has 0 radical (unpaired) electrons. The molecule has 0 aliphatic carbocycles. The van der Waals surface area contributed by atoms with Crippen LogP contribution in [0.25, 0.3) is 0 Å². The quantitative estimate of drug-likeness (QED) is 0.665. The average Bonchev–Trinajstić information content (AvgIpc) is 2.44. The van der Waals surface area contributed by atoms with Crippen molar-refractivity contribution in [2.45, 2.75) is 58.4 Å². The summed E-state index contributed by atoms with van der Waals surface area (Å²) in [6.45, 7) is 10.9. The van der Waals surface area contributed by atoms with Crippen molar-refractivity contribution in [1.82, 2.24) is 15.1 Å². The number of rotatable bonds is 10. The average molecular weight is 284 g/mol. The molecule has 0 bridgehead atoms. The monoisotopic (exact) mass is 283 g/mol. The predicted octanol–water partition coefficient (Wildman–Crippen LogP) is 2.82. The highest BCUT2D eigenvalue weighted by molar-refractivity contribution is 4.74. The molecule has 0 aromatic heterocycles. The third-order valence-electron chi connectivity index (χ3n) is 4.53. The second-order valence-corrected chi connectivity index (χ2v) is 6.75. The van der Waals surface area contributed by atoms with Crippen molar-refractivity contribution in [3.63, 3.8) is 0 Å². The van der Waals surface area contributed by atoms with E-state index in [1.165, 1.54) is 71.2 Å². The smallest absolute Gasteiger partial charge is 0.00649 e. The van der Waals surface area contributed by atoms with Crippen molar-refractivity contribution in [2.75, 3.05) is 46.8 Å². The Morgan fingerprint density at radius 3 is 2.45 bits per heavy atom. The lowest BCUT2D eigenvalue weighted by Gasteiger charge is -2.33. The molecule has 0 saturated carbocycles. The van der Waals surface area contributed by atoms with Crippen molar-refractivity contribution in [3.05, 3.63) is 0 Å². The summed E-state index contributed by atoms with van der Waals surface area (Å²) >= 11 is 0. The number of hydrogen-bond acceptors (Lipinski definition) is 3. The van der Waals surface area contributed by atoms with Gasteiger partial charge in [0.2, 0.25) is 0 Å². The first kappa shape index (κ1) is 17.9. The molecule has 1 unspecified atom stereocenters. The maximum atomic E-state index is 3.66. The molecule has 1 aliphatic rings. The Bertz CT molecular complexity index is 222. The Morgan fingerprint density at radius 2 is 1.90 bits per heavy atom. The Balaban J connectivity index is 2.08. The highest BCUT2D eigenvalue weighted by atomic mass is 15.1. The van der Waals surface area contributed by atoms with E-state index in [0.29, 0.717) is 0 Å². The molecule has 0 aromatic rings. The zero-order valence-corrected chi connectivity index (χ0v) is 14.3. The molecule has 1 aliphatic heterocycles. The van der Waals surface area contributed by atoms with Gasteiger partial charge in [-0.2, -0.15) is 0 Å². The Kier molecular flexibility index (Phi) is 9.49. The number of likely N-dealkylation sites (tertiary alicyclic amines) is 1. The Labute approximate surface area is 127 Å². The van der Waals surface area contributed by atoms with Crippen LogP contribution in [0.2, 0.25) is 0 Å². The molecule has 1 rings (SSSR count). The third kappa shape index (κ3) is 7.61. The summed E-state index contributed by atoms with van der Waals surface area (Å²) in [7, 11) is 4.39. The lowest BCUT2D eigenvalue weighted by Crippen LogP contribution is -2.38. The summed E-state index contributed by atoms with van der Waals surface area (Å²) in [5.74, 6) is 0.927. The van der Waals surface area contributed by atoms with Gasteiger partial charge < -0.3 is 15.1 Å². The van der Waals surface area contributed by atoms with Crippen LogP contribution in [-0.4, -0.2) is 62.7 Å². The van der Waals surface area contributed by atoms with Gasteiger partial charge in [0.25, 0.3) is 0 Å². The van der Waals surface area contributed by atoms with E-state index in [2.05, 4.69) is 43.1 Å². The molecule has 3 nitrogen and oxygen atoms in total. The molecule has 20 heavy (non-hydrogen) atoms. The summed E-state index contributed by atoms with van der Waals surface area (Å²) in [6.07, 6.45) is 8.00. The van der Waals surface area contributed by atoms with Crippen LogP contribution in [0, 0.1) is 5.92 Å². The van der Waals surface area contributed by atoms with Gasteiger partial charge in [0.05, 0.1) is 0 Å². The fourth-order valence-corrected chi connectivity index (χ4v) is 3.27. The van der Waals surface area contributed by atoms with E-state index in [0.717, 1.165) is 12.0 Å². The molecule has 3 heteroatoms. The second kappa shape index (κ2) is 10.6. The lowest BCUT2D eigenvalue weighted by molar-refractivity contribution is 0.159. The standard InChI is InChI=1S/C17H37N3/c1-5-11-18-17(6-2)8-7-12-20-13-9-16(10-14-20)15-19(3)4/h16-18H,5-15H2,1-4H3. The largest absolute Gasteiger partial charge is 0.314 e. The van der Waals surface area contributed by atoms with Gasteiger partial charge in [-0.3, -0.25) is 0 Å². The maximum absolute atomic E-state index is 3.66. The van der Waals surface area contributed by atoms with Crippen LogP contribution in [0.5, 0.6) is 0 Å². The number of hydrogen-bond donors (Lipinski definition) is 1. The minimum atomic E-state index is 0.737. The van der Waals surface area contributed by atoms with Gasteiger partial charge in [-0.05, 0) is 84.7 Å². The number of nitrogens with one attached hydrogen (secondary N) is 1. The molecule has 0 aromatic carbocycles. The zero-order valence-electron chi connectivity index (χ0n) is 14.3. The van der Waals surface area contributed by atoms with E-state index in [9.17, 15) is 0 Å². The Hall–Kier alpha value is -0.120.